The van der Waals surface area contributed by atoms with Crippen LogP contribution in [0.15, 0.2) is 48.5 Å². The second-order valence-corrected chi connectivity index (χ2v) is 7.28. The highest BCUT2D eigenvalue weighted by molar-refractivity contribution is 5.94. The molecule has 1 atom stereocenters. The molecule has 2 aromatic rings. The number of amides is 1. The number of benzene rings is 2. The number of nitrogens with one attached hydrogen (secondary N) is 1. The molecule has 1 amide bonds. The fraction of sp³-hybridized carbons (Fsp3) is 0.458. The van der Waals surface area contributed by atoms with Crippen molar-refractivity contribution >= 4 is 5.91 Å². The highest BCUT2D eigenvalue weighted by Crippen LogP contribution is 2.35. The first-order valence-corrected chi connectivity index (χ1v) is 10.6. The lowest BCUT2D eigenvalue weighted by Gasteiger charge is -2.22. The second-order valence-electron chi connectivity index (χ2n) is 7.28. The first kappa shape index (κ1) is 20.4. The van der Waals surface area contributed by atoms with Gasteiger partial charge in [0.2, 0.25) is 0 Å². The van der Waals surface area contributed by atoms with E-state index in [1.807, 2.05) is 36.9 Å². The molecule has 1 aliphatic rings. The molecule has 0 saturated heterocycles. The summed E-state index contributed by atoms with van der Waals surface area (Å²) < 4.78 is 6.09. The summed E-state index contributed by atoms with van der Waals surface area (Å²) in [5.41, 5.74) is 3.24. The number of hydrogen-bond acceptors (Lipinski definition) is 3. The zero-order valence-electron chi connectivity index (χ0n) is 17.1. The molecule has 1 aliphatic heterocycles. The topological polar surface area (TPSA) is 41.6 Å². The zero-order valence-corrected chi connectivity index (χ0v) is 17.1. The van der Waals surface area contributed by atoms with Gasteiger partial charge in [-0.2, -0.15) is 0 Å². The van der Waals surface area contributed by atoms with Crippen LogP contribution in [0.1, 0.15) is 60.5 Å². The predicted octanol–water partition coefficient (Wildman–Crippen LogP) is 4.45. The van der Waals surface area contributed by atoms with E-state index in [4.69, 9.17) is 4.74 Å². The Morgan fingerprint density at radius 2 is 1.75 bits per heavy atom. The van der Waals surface area contributed by atoms with E-state index in [1.54, 1.807) is 0 Å². The molecule has 4 nitrogen and oxygen atoms in total. The van der Waals surface area contributed by atoms with E-state index >= 15 is 0 Å². The van der Waals surface area contributed by atoms with Crippen LogP contribution in [0.3, 0.4) is 0 Å². The summed E-state index contributed by atoms with van der Waals surface area (Å²) in [4.78, 5) is 14.5. The number of carbonyl (C=O) groups excluding carboxylic acids is 1. The molecule has 28 heavy (non-hydrogen) atoms. The van der Waals surface area contributed by atoms with Gasteiger partial charge in [-0.1, -0.05) is 30.3 Å². The summed E-state index contributed by atoms with van der Waals surface area (Å²) in [5, 5.41) is 3.50. The minimum absolute atomic E-state index is 0.104. The lowest BCUT2D eigenvalue weighted by Crippen LogP contribution is -2.30. The summed E-state index contributed by atoms with van der Waals surface area (Å²) in [6.45, 7) is 8.25. The van der Waals surface area contributed by atoms with Crippen molar-refractivity contribution < 1.29 is 9.53 Å². The number of fused-ring (bicyclic) bond motifs is 1. The van der Waals surface area contributed by atoms with Crippen molar-refractivity contribution in [3.63, 3.8) is 0 Å². The summed E-state index contributed by atoms with van der Waals surface area (Å²) >= 11 is 0. The standard InChI is InChI=1S/C24H32N2O2/c1-3-26(4-2)24(27)20-14-12-19(13-15-20)21-10-7-16-25-17-8-18-28-23-11-6-5-9-22(21)23/h5-6,9,11-15,21,25H,3-4,7-8,10,16-18H2,1-2H3. The molecular weight excluding hydrogens is 348 g/mol. The third-order valence-corrected chi connectivity index (χ3v) is 5.51. The van der Waals surface area contributed by atoms with Gasteiger partial charge in [0.25, 0.3) is 5.91 Å². The van der Waals surface area contributed by atoms with E-state index in [-0.39, 0.29) is 11.8 Å². The van der Waals surface area contributed by atoms with Crippen LogP contribution in [0, 0.1) is 0 Å². The molecule has 0 spiro atoms. The first-order chi connectivity index (χ1) is 13.7. The van der Waals surface area contributed by atoms with Gasteiger partial charge in [-0.25, -0.2) is 0 Å². The van der Waals surface area contributed by atoms with E-state index in [1.165, 1.54) is 11.1 Å². The van der Waals surface area contributed by atoms with Crippen LogP contribution in [0.25, 0.3) is 0 Å². The largest absolute Gasteiger partial charge is 0.493 e. The first-order valence-electron chi connectivity index (χ1n) is 10.6. The quantitative estimate of drug-likeness (QED) is 0.852. The summed E-state index contributed by atoms with van der Waals surface area (Å²) in [5.74, 6) is 1.36. The molecule has 3 rings (SSSR count). The van der Waals surface area contributed by atoms with Gasteiger partial charge in [0, 0.05) is 30.1 Å². The molecule has 150 valence electrons. The Kier molecular flexibility index (Phi) is 7.49. The van der Waals surface area contributed by atoms with E-state index in [0.29, 0.717) is 0 Å². The van der Waals surface area contributed by atoms with Gasteiger partial charge in [0.05, 0.1) is 6.61 Å². The monoisotopic (exact) mass is 380 g/mol. The van der Waals surface area contributed by atoms with E-state index < -0.39 is 0 Å². The second kappa shape index (κ2) is 10.3. The number of rotatable bonds is 4. The van der Waals surface area contributed by atoms with Crippen molar-refractivity contribution in [1.29, 1.82) is 0 Å². The Hall–Kier alpha value is -2.33. The number of para-hydroxylation sites is 1. The number of hydrogen-bond donors (Lipinski definition) is 1. The van der Waals surface area contributed by atoms with Gasteiger partial charge < -0.3 is 15.0 Å². The van der Waals surface area contributed by atoms with Crippen molar-refractivity contribution in [1.82, 2.24) is 10.2 Å². The maximum Gasteiger partial charge on any atom is 0.253 e. The van der Waals surface area contributed by atoms with Crippen LogP contribution >= 0.6 is 0 Å². The third kappa shape index (κ3) is 4.93. The Morgan fingerprint density at radius 3 is 2.50 bits per heavy atom. The third-order valence-electron chi connectivity index (χ3n) is 5.51. The SMILES string of the molecule is CCN(CC)C(=O)c1ccc(C2CCCNCCCOc3ccccc32)cc1. The molecule has 0 saturated carbocycles. The lowest BCUT2D eigenvalue weighted by molar-refractivity contribution is 0.0773. The van der Waals surface area contributed by atoms with Gasteiger partial charge in [0.15, 0.2) is 0 Å². The predicted molar refractivity (Wildman–Crippen MR) is 114 cm³/mol. The Bertz CT molecular complexity index is 753. The maximum absolute atomic E-state index is 12.6. The summed E-state index contributed by atoms with van der Waals surface area (Å²) in [6, 6.07) is 16.6. The van der Waals surface area contributed by atoms with Crippen LogP contribution in [0.5, 0.6) is 5.75 Å². The van der Waals surface area contributed by atoms with Crippen molar-refractivity contribution in [2.75, 3.05) is 32.8 Å². The highest BCUT2D eigenvalue weighted by atomic mass is 16.5. The van der Waals surface area contributed by atoms with Crippen molar-refractivity contribution in [2.24, 2.45) is 0 Å². The maximum atomic E-state index is 12.6. The number of carbonyl (C=O) groups is 1. The van der Waals surface area contributed by atoms with Gasteiger partial charge in [-0.15, -0.1) is 0 Å². The van der Waals surface area contributed by atoms with E-state index in [0.717, 1.165) is 63.4 Å². The van der Waals surface area contributed by atoms with Gasteiger partial charge in [0.1, 0.15) is 5.75 Å². The Balaban J connectivity index is 1.88. The van der Waals surface area contributed by atoms with E-state index in [9.17, 15) is 4.79 Å². The fourth-order valence-electron chi connectivity index (χ4n) is 3.89. The van der Waals surface area contributed by atoms with Crippen molar-refractivity contribution in [3.05, 3.63) is 65.2 Å². The smallest absolute Gasteiger partial charge is 0.253 e. The van der Waals surface area contributed by atoms with Crippen LogP contribution in [0.4, 0.5) is 0 Å². The molecule has 0 radical (unpaired) electrons. The van der Waals surface area contributed by atoms with Gasteiger partial charge in [-0.3, -0.25) is 4.79 Å². The minimum atomic E-state index is 0.104. The fourth-order valence-corrected chi connectivity index (χ4v) is 3.89. The summed E-state index contributed by atoms with van der Waals surface area (Å²) in [6.07, 6.45) is 3.18. The van der Waals surface area contributed by atoms with Crippen LogP contribution in [-0.4, -0.2) is 43.6 Å². The molecule has 0 bridgehead atoms. The summed E-state index contributed by atoms with van der Waals surface area (Å²) in [7, 11) is 0. The van der Waals surface area contributed by atoms with Gasteiger partial charge >= 0.3 is 0 Å². The normalized spacial score (nSPS) is 17.7. The molecule has 0 aliphatic carbocycles. The number of nitrogens with zero attached hydrogens (tertiary/aromatic N) is 1. The molecular formula is C24H32N2O2. The molecule has 0 fully saturated rings. The van der Waals surface area contributed by atoms with Gasteiger partial charge in [-0.05, 0) is 70.0 Å². The van der Waals surface area contributed by atoms with Crippen LogP contribution < -0.4 is 10.1 Å². The molecule has 0 aromatic heterocycles. The molecule has 1 unspecified atom stereocenters. The molecule has 1 heterocycles. The zero-order chi connectivity index (χ0) is 19.8. The van der Waals surface area contributed by atoms with Crippen molar-refractivity contribution in [2.45, 2.75) is 39.0 Å². The van der Waals surface area contributed by atoms with E-state index in [2.05, 4.69) is 35.6 Å². The lowest BCUT2D eigenvalue weighted by atomic mass is 9.86. The Labute approximate surface area is 168 Å². The Morgan fingerprint density at radius 1 is 1.04 bits per heavy atom. The van der Waals surface area contributed by atoms with Crippen LogP contribution in [0.2, 0.25) is 0 Å². The molecule has 2 aromatic carbocycles. The van der Waals surface area contributed by atoms with Crippen LogP contribution in [-0.2, 0) is 0 Å². The average molecular weight is 381 g/mol. The number of ether oxygens (including phenoxy) is 1. The average Bonchev–Trinajstić information content (AvgIpc) is 2.78. The molecule has 1 N–H and O–H groups in total. The molecule has 4 heteroatoms. The van der Waals surface area contributed by atoms with Crippen molar-refractivity contribution in [3.8, 4) is 5.75 Å². The minimum Gasteiger partial charge on any atom is -0.493 e. The highest BCUT2D eigenvalue weighted by Gasteiger charge is 2.20.